The molecule has 2 rings (SSSR count). The molecule has 0 saturated heterocycles. The van der Waals surface area contributed by atoms with Gasteiger partial charge in [0.25, 0.3) is 0 Å². The van der Waals surface area contributed by atoms with Crippen molar-refractivity contribution in [1.29, 1.82) is 0 Å². The summed E-state index contributed by atoms with van der Waals surface area (Å²) < 4.78 is 2.11. The third-order valence-electron chi connectivity index (χ3n) is 4.10. The molecule has 20 heavy (non-hydrogen) atoms. The molecule has 0 radical (unpaired) electrons. The highest BCUT2D eigenvalue weighted by Crippen LogP contribution is 2.27. The molecule has 0 aliphatic heterocycles. The van der Waals surface area contributed by atoms with E-state index in [0.29, 0.717) is 0 Å². The van der Waals surface area contributed by atoms with Gasteiger partial charge in [-0.2, -0.15) is 5.10 Å². The second kappa shape index (κ2) is 5.80. The van der Waals surface area contributed by atoms with Crippen molar-refractivity contribution >= 4 is 0 Å². The highest BCUT2D eigenvalue weighted by molar-refractivity contribution is 5.33. The Balaban J connectivity index is 2.58. The monoisotopic (exact) mass is 271 g/mol. The van der Waals surface area contributed by atoms with E-state index in [0.717, 1.165) is 12.1 Å². The SMILES string of the molecule is CCc1c(C)nn(C(c2ccccc2C)C(C)N)c1C. The van der Waals surface area contributed by atoms with Crippen molar-refractivity contribution in [3.05, 3.63) is 52.3 Å². The fraction of sp³-hybridized carbons (Fsp3) is 0.471. The number of aromatic nitrogens is 2. The normalized spacial score (nSPS) is 14.3. The Morgan fingerprint density at radius 1 is 1.20 bits per heavy atom. The van der Waals surface area contributed by atoms with Gasteiger partial charge in [-0.05, 0) is 50.8 Å². The third kappa shape index (κ3) is 2.50. The summed E-state index contributed by atoms with van der Waals surface area (Å²) in [5.41, 5.74) is 12.5. The molecule has 3 nitrogen and oxygen atoms in total. The maximum atomic E-state index is 6.28. The number of rotatable bonds is 4. The average Bonchev–Trinajstić information content (AvgIpc) is 2.67. The Morgan fingerprint density at radius 3 is 2.35 bits per heavy atom. The van der Waals surface area contributed by atoms with Gasteiger partial charge in [-0.1, -0.05) is 31.2 Å². The summed E-state index contributed by atoms with van der Waals surface area (Å²) in [5, 5.41) is 4.76. The van der Waals surface area contributed by atoms with E-state index in [9.17, 15) is 0 Å². The summed E-state index contributed by atoms with van der Waals surface area (Å²) >= 11 is 0. The van der Waals surface area contributed by atoms with Gasteiger partial charge in [0, 0.05) is 11.7 Å². The minimum absolute atomic E-state index is 0.0128. The van der Waals surface area contributed by atoms with Crippen LogP contribution in [0.5, 0.6) is 0 Å². The Morgan fingerprint density at radius 2 is 1.85 bits per heavy atom. The van der Waals surface area contributed by atoms with Gasteiger partial charge >= 0.3 is 0 Å². The van der Waals surface area contributed by atoms with Crippen molar-refractivity contribution in [2.75, 3.05) is 0 Å². The van der Waals surface area contributed by atoms with Crippen molar-refractivity contribution in [3.63, 3.8) is 0 Å². The molecule has 2 aromatic rings. The molecular weight excluding hydrogens is 246 g/mol. The first kappa shape index (κ1) is 14.8. The van der Waals surface area contributed by atoms with Crippen LogP contribution in [-0.4, -0.2) is 15.8 Å². The Hall–Kier alpha value is -1.61. The smallest absolute Gasteiger partial charge is 0.0922 e. The molecular formula is C17H25N3. The summed E-state index contributed by atoms with van der Waals surface area (Å²) in [6, 6.07) is 8.54. The average molecular weight is 271 g/mol. The van der Waals surface area contributed by atoms with Crippen LogP contribution in [0.15, 0.2) is 24.3 Å². The lowest BCUT2D eigenvalue weighted by Crippen LogP contribution is -2.32. The van der Waals surface area contributed by atoms with Crippen molar-refractivity contribution in [3.8, 4) is 0 Å². The van der Waals surface area contributed by atoms with Crippen LogP contribution < -0.4 is 5.73 Å². The number of nitrogens with two attached hydrogens (primary N) is 1. The molecule has 0 aliphatic rings. The first-order valence-corrected chi connectivity index (χ1v) is 7.33. The summed E-state index contributed by atoms with van der Waals surface area (Å²) in [6.45, 7) is 10.6. The van der Waals surface area contributed by atoms with E-state index in [1.165, 1.54) is 22.4 Å². The van der Waals surface area contributed by atoms with Crippen molar-refractivity contribution in [2.24, 2.45) is 5.73 Å². The zero-order valence-electron chi connectivity index (χ0n) is 13.1. The van der Waals surface area contributed by atoms with Gasteiger partial charge in [-0.15, -0.1) is 0 Å². The Kier molecular flexibility index (Phi) is 4.29. The topological polar surface area (TPSA) is 43.8 Å². The van der Waals surface area contributed by atoms with Gasteiger partial charge in [-0.3, -0.25) is 4.68 Å². The molecule has 0 fully saturated rings. The molecule has 0 saturated carbocycles. The lowest BCUT2D eigenvalue weighted by atomic mass is 9.96. The van der Waals surface area contributed by atoms with Crippen molar-refractivity contribution in [1.82, 2.24) is 9.78 Å². The molecule has 3 heteroatoms. The van der Waals surface area contributed by atoms with E-state index in [-0.39, 0.29) is 12.1 Å². The highest BCUT2D eigenvalue weighted by Gasteiger charge is 2.24. The zero-order chi connectivity index (χ0) is 14.9. The quantitative estimate of drug-likeness (QED) is 0.927. The fourth-order valence-corrected chi connectivity index (χ4v) is 3.04. The first-order chi connectivity index (χ1) is 9.47. The van der Waals surface area contributed by atoms with Crippen LogP contribution in [0.4, 0.5) is 0 Å². The zero-order valence-corrected chi connectivity index (χ0v) is 13.1. The second-order valence-electron chi connectivity index (χ2n) is 5.61. The number of aryl methyl sites for hydroxylation is 2. The summed E-state index contributed by atoms with van der Waals surface area (Å²) in [6.07, 6.45) is 1.01. The van der Waals surface area contributed by atoms with Gasteiger partial charge in [0.1, 0.15) is 0 Å². The molecule has 1 aromatic heterocycles. The van der Waals surface area contributed by atoms with Crippen LogP contribution in [0.1, 0.15) is 48.0 Å². The fourth-order valence-electron chi connectivity index (χ4n) is 3.04. The predicted molar refractivity (Wildman–Crippen MR) is 84.0 cm³/mol. The van der Waals surface area contributed by atoms with Crippen LogP contribution >= 0.6 is 0 Å². The van der Waals surface area contributed by atoms with E-state index in [1.807, 2.05) is 0 Å². The van der Waals surface area contributed by atoms with Crippen molar-refractivity contribution in [2.45, 2.75) is 53.1 Å². The summed E-state index contributed by atoms with van der Waals surface area (Å²) in [4.78, 5) is 0. The number of nitrogens with zero attached hydrogens (tertiary/aromatic N) is 2. The van der Waals surface area contributed by atoms with Crippen molar-refractivity contribution < 1.29 is 0 Å². The van der Waals surface area contributed by atoms with Crippen LogP contribution in [0.3, 0.4) is 0 Å². The van der Waals surface area contributed by atoms with Gasteiger partial charge < -0.3 is 5.73 Å². The molecule has 1 aromatic carbocycles. The van der Waals surface area contributed by atoms with E-state index >= 15 is 0 Å². The Labute approximate surface area is 121 Å². The minimum Gasteiger partial charge on any atom is -0.326 e. The first-order valence-electron chi connectivity index (χ1n) is 7.33. The maximum Gasteiger partial charge on any atom is 0.0922 e. The van der Waals surface area contributed by atoms with Gasteiger partial charge in [0.15, 0.2) is 0 Å². The van der Waals surface area contributed by atoms with Gasteiger partial charge in [0.2, 0.25) is 0 Å². The molecule has 108 valence electrons. The lowest BCUT2D eigenvalue weighted by molar-refractivity contribution is 0.441. The molecule has 2 unspecified atom stereocenters. The van der Waals surface area contributed by atoms with Gasteiger partial charge in [0.05, 0.1) is 11.7 Å². The molecule has 2 N–H and O–H groups in total. The van der Waals surface area contributed by atoms with Crippen LogP contribution in [0, 0.1) is 20.8 Å². The molecule has 2 atom stereocenters. The van der Waals surface area contributed by atoms with Crippen LogP contribution in [0.25, 0.3) is 0 Å². The van der Waals surface area contributed by atoms with E-state index in [2.05, 4.69) is 63.6 Å². The largest absolute Gasteiger partial charge is 0.326 e. The summed E-state index contributed by atoms with van der Waals surface area (Å²) in [5.74, 6) is 0. The number of hydrogen-bond acceptors (Lipinski definition) is 2. The lowest BCUT2D eigenvalue weighted by Gasteiger charge is -2.25. The van der Waals surface area contributed by atoms with Crippen LogP contribution in [-0.2, 0) is 6.42 Å². The number of hydrogen-bond donors (Lipinski definition) is 1. The third-order valence-corrected chi connectivity index (χ3v) is 4.10. The number of benzene rings is 1. The Bertz CT molecular complexity index is 596. The maximum absolute atomic E-state index is 6.28. The molecule has 0 bridgehead atoms. The predicted octanol–water partition coefficient (Wildman–Crippen LogP) is 3.31. The molecule has 1 heterocycles. The second-order valence-corrected chi connectivity index (χ2v) is 5.61. The highest BCUT2D eigenvalue weighted by atomic mass is 15.3. The van der Waals surface area contributed by atoms with Gasteiger partial charge in [-0.25, -0.2) is 0 Å². The van der Waals surface area contributed by atoms with E-state index < -0.39 is 0 Å². The summed E-state index contributed by atoms with van der Waals surface area (Å²) in [7, 11) is 0. The standard InChI is InChI=1S/C17H25N3/c1-6-15-13(4)19-20(14(15)5)17(12(3)18)16-10-8-7-9-11(16)2/h7-10,12,17H,6,18H2,1-5H3. The van der Waals surface area contributed by atoms with E-state index in [4.69, 9.17) is 10.8 Å². The molecule has 0 aliphatic carbocycles. The van der Waals surface area contributed by atoms with E-state index in [1.54, 1.807) is 0 Å². The minimum atomic E-state index is 0.0128. The van der Waals surface area contributed by atoms with Crippen LogP contribution in [0.2, 0.25) is 0 Å². The molecule has 0 amide bonds. The molecule has 0 spiro atoms.